The van der Waals surface area contributed by atoms with Gasteiger partial charge in [-0.1, -0.05) is 41.4 Å². The van der Waals surface area contributed by atoms with E-state index in [2.05, 4.69) is 10.6 Å². The Hall–Kier alpha value is -2.13. The third-order valence-corrected chi connectivity index (χ3v) is 7.80. The van der Waals surface area contributed by atoms with Crippen molar-refractivity contribution in [2.75, 3.05) is 18.4 Å². The second kappa shape index (κ2) is 10.6. The number of amides is 2. The zero-order valence-corrected chi connectivity index (χ0v) is 21.7. The van der Waals surface area contributed by atoms with Crippen molar-refractivity contribution in [2.24, 2.45) is 5.92 Å². The Morgan fingerprint density at radius 1 is 1.12 bits per heavy atom. The minimum atomic E-state index is -3.69. The van der Waals surface area contributed by atoms with Gasteiger partial charge in [-0.2, -0.15) is 0 Å². The van der Waals surface area contributed by atoms with Crippen LogP contribution in [-0.4, -0.2) is 43.2 Å². The second-order valence-electron chi connectivity index (χ2n) is 9.43. The maximum Gasteiger partial charge on any atom is 0.253 e. The molecule has 1 atom stereocenters. The van der Waals surface area contributed by atoms with Crippen LogP contribution in [0.25, 0.3) is 0 Å². The lowest BCUT2D eigenvalue weighted by Gasteiger charge is -2.31. The average Bonchev–Trinajstić information content (AvgIpc) is 2.75. The van der Waals surface area contributed by atoms with Crippen molar-refractivity contribution in [2.45, 2.75) is 44.9 Å². The number of carbonyl (C=O) groups is 2. The van der Waals surface area contributed by atoms with E-state index in [1.54, 1.807) is 36.4 Å². The Labute approximate surface area is 210 Å². The molecule has 2 aromatic carbocycles. The molecule has 0 aromatic heterocycles. The normalized spacial score (nSPS) is 17.3. The molecule has 1 aliphatic heterocycles. The lowest BCUT2D eigenvalue weighted by Crippen LogP contribution is -2.44. The van der Waals surface area contributed by atoms with Crippen molar-refractivity contribution in [1.82, 2.24) is 9.62 Å². The number of piperidine rings is 1. The van der Waals surface area contributed by atoms with Crippen molar-refractivity contribution in [3.8, 4) is 0 Å². The van der Waals surface area contributed by atoms with Crippen LogP contribution in [0.3, 0.4) is 0 Å². The van der Waals surface area contributed by atoms with E-state index >= 15 is 0 Å². The number of hydrogen-bond donors (Lipinski definition) is 2. The summed E-state index contributed by atoms with van der Waals surface area (Å²) in [5.74, 6) is -1.42. The number of nitrogens with zero attached hydrogens (tertiary/aromatic N) is 1. The van der Waals surface area contributed by atoms with Gasteiger partial charge in [0.2, 0.25) is 15.9 Å². The van der Waals surface area contributed by atoms with Gasteiger partial charge in [0.05, 0.1) is 22.9 Å². The molecule has 0 aliphatic carbocycles. The van der Waals surface area contributed by atoms with Crippen LogP contribution in [-0.2, 0) is 20.6 Å². The molecule has 1 aliphatic rings. The van der Waals surface area contributed by atoms with Crippen molar-refractivity contribution in [1.29, 1.82) is 0 Å². The Morgan fingerprint density at radius 3 is 2.50 bits per heavy atom. The van der Waals surface area contributed by atoms with Gasteiger partial charge < -0.3 is 10.6 Å². The van der Waals surface area contributed by atoms with Gasteiger partial charge in [0.15, 0.2) is 0 Å². The minimum absolute atomic E-state index is 0.0652. The molecule has 1 heterocycles. The number of anilines is 1. The second-order valence-corrected chi connectivity index (χ2v) is 12.2. The highest BCUT2D eigenvalue weighted by Crippen LogP contribution is 2.27. The first kappa shape index (κ1) is 26.5. The highest BCUT2D eigenvalue weighted by atomic mass is 35.5. The Bertz CT molecular complexity index is 1180. The summed E-state index contributed by atoms with van der Waals surface area (Å²) in [6, 6.07) is 11.5. The van der Waals surface area contributed by atoms with Gasteiger partial charge >= 0.3 is 0 Å². The smallest absolute Gasteiger partial charge is 0.253 e. The fourth-order valence-electron chi connectivity index (χ4n) is 3.77. The SMILES string of the molecule is CC(C)(C)NC(=O)c1ccccc1NC(=O)C1CCCN(S(=O)(=O)Cc2ccc(Cl)cc2Cl)C1. The molecule has 34 heavy (non-hydrogen) atoms. The Kier molecular flexibility index (Phi) is 8.29. The largest absolute Gasteiger partial charge is 0.347 e. The highest BCUT2D eigenvalue weighted by molar-refractivity contribution is 7.88. The fourth-order valence-corrected chi connectivity index (χ4v) is 5.96. The van der Waals surface area contributed by atoms with Crippen molar-refractivity contribution in [3.05, 3.63) is 63.6 Å². The Balaban J connectivity index is 1.71. The zero-order valence-electron chi connectivity index (χ0n) is 19.4. The van der Waals surface area contributed by atoms with Gasteiger partial charge in [-0.3, -0.25) is 9.59 Å². The first-order valence-corrected chi connectivity index (χ1v) is 13.4. The molecule has 2 N–H and O–H groups in total. The molecule has 10 heteroatoms. The van der Waals surface area contributed by atoms with Crippen LogP contribution < -0.4 is 10.6 Å². The van der Waals surface area contributed by atoms with Crippen molar-refractivity contribution < 1.29 is 18.0 Å². The van der Waals surface area contributed by atoms with Crippen LogP contribution in [0.4, 0.5) is 5.69 Å². The third-order valence-electron chi connectivity index (χ3n) is 5.42. The molecule has 2 amide bonds. The molecule has 0 spiro atoms. The summed E-state index contributed by atoms with van der Waals surface area (Å²) in [7, 11) is -3.69. The van der Waals surface area contributed by atoms with Crippen molar-refractivity contribution >= 4 is 50.7 Å². The number of para-hydroxylation sites is 1. The highest BCUT2D eigenvalue weighted by Gasteiger charge is 2.33. The molecule has 2 aromatic rings. The topological polar surface area (TPSA) is 95.6 Å². The standard InChI is InChI=1S/C24H29Cl2N3O4S/c1-24(2,3)28-23(31)19-8-4-5-9-21(19)27-22(30)16-7-6-12-29(14-16)34(32,33)15-17-10-11-18(25)13-20(17)26/h4-5,8-11,13,16H,6-7,12,14-15H2,1-3H3,(H,27,30)(H,28,31). The Morgan fingerprint density at radius 2 is 1.82 bits per heavy atom. The van der Waals surface area contributed by atoms with Gasteiger partial charge in [0.1, 0.15) is 0 Å². The first-order valence-electron chi connectivity index (χ1n) is 11.0. The van der Waals surface area contributed by atoms with Crippen LogP contribution in [0, 0.1) is 5.92 Å². The number of rotatable bonds is 6. The third kappa shape index (κ3) is 6.95. The van der Waals surface area contributed by atoms with Gasteiger partial charge in [-0.05, 0) is 63.4 Å². The molecule has 1 fully saturated rings. The predicted molar refractivity (Wildman–Crippen MR) is 136 cm³/mol. The minimum Gasteiger partial charge on any atom is -0.347 e. The number of hydrogen-bond acceptors (Lipinski definition) is 4. The predicted octanol–water partition coefficient (Wildman–Crippen LogP) is 4.70. The summed E-state index contributed by atoms with van der Waals surface area (Å²) in [5, 5.41) is 6.43. The van der Waals surface area contributed by atoms with E-state index in [9.17, 15) is 18.0 Å². The molecule has 184 valence electrons. The summed E-state index contributed by atoms with van der Waals surface area (Å²) >= 11 is 12.1. The zero-order chi connectivity index (χ0) is 25.1. The van der Waals surface area contributed by atoms with Gasteiger partial charge in [0, 0.05) is 28.7 Å². The van der Waals surface area contributed by atoms with Crippen LogP contribution >= 0.6 is 23.2 Å². The molecular formula is C24H29Cl2N3O4S. The van der Waals surface area contributed by atoms with E-state index < -0.39 is 21.5 Å². The molecule has 3 rings (SSSR count). The summed E-state index contributed by atoms with van der Waals surface area (Å²) < 4.78 is 27.4. The molecule has 0 saturated carbocycles. The maximum absolute atomic E-state index is 13.0. The van der Waals surface area contributed by atoms with Crippen LogP contribution in [0.1, 0.15) is 49.5 Å². The van der Waals surface area contributed by atoms with Crippen LogP contribution in [0.2, 0.25) is 10.0 Å². The molecule has 0 radical (unpaired) electrons. The van der Waals surface area contributed by atoms with Crippen LogP contribution in [0.5, 0.6) is 0 Å². The van der Waals surface area contributed by atoms with Gasteiger partial charge in [-0.15, -0.1) is 0 Å². The molecule has 1 unspecified atom stereocenters. The molecule has 1 saturated heterocycles. The van der Waals surface area contributed by atoms with E-state index in [1.807, 2.05) is 20.8 Å². The summed E-state index contributed by atoms with van der Waals surface area (Å²) in [6.07, 6.45) is 1.10. The van der Waals surface area contributed by atoms with E-state index in [0.717, 1.165) is 0 Å². The number of sulfonamides is 1. The van der Waals surface area contributed by atoms with E-state index in [-0.39, 0.29) is 29.1 Å². The van der Waals surface area contributed by atoms with Crippen LogP contribution in [0.15, 0.2) is 42.5 Å². The van der Waals surface area contributed by atoms with E-state index in [4.69, 9.17) is 23.2 Å². The average molecular weight is 526 g/mol. The number of nitrogens with one attached hydrogen (secondary N) is 2. The monoisotopic (exact) mass is 525 g/mol. The summed E-state index contributed by atoms with van der Waals surface area (Å²) in [5.41, 5.74) is 0.765. The number of halogens is 2. The van der Waals surface area contributed by atoms with Gasteiger partial charge in [0.25, 0.3) is 5.91 Å². The van der Waals surface area contributed by atoms with Gasteiger partial charge in [-0.25, -0.2) is 12.7 Å². The van der Waals surface area contributed by atoms with Crippen molar-refractivity contribution in [3.63, 3.8) is 0 Å². The quantitative estimate of drug-likeness (QED) is 0.571. The summed E-state index contributed by atoms with van der Waals surface area (Å²) in [6.45, 7) is 6.03. The lowest BCUT2D eigenvalue weighted by molar-refractivity contribution is -0.120. The molecule has 7 nitrogen and oxygen atoms in total. The first-order chi connectivity index (χ1) is 15.9. The fraction of sp³-hybridized carbons (Fsp3) is 0.417. The number of carbonyl (C=O) groups excluding carboxylic acids is 2. The molecule has 0 bridgehead atoms. The lowest BCUT2D eigenvalue weighted by atomic mass is 9.98. The molecular weight excluding hydrogens is 497 g/mol. The van der Waals surface area contributed by atoms with E-state index in [1.165, 1.54) is 10.4 Å². The number of benzene rings is 2. The van der Waals surface area contributed by atoms with E-state index in [0.29, 0.717) is 41.2 Å². The maximum atomic E-state index is 13.0. The summed E-state index contributed by atoms with van der Waals surface area (Å²) in [4.78, 5) is 25.7.